The lowest BCUT2D eigenvalue weighted by molar-refractivity contribution is -0.301. The Balaban J connectivity index is 2.74. The first-order chi connectivity index (χ1) is 37.6. The Hall–Kier alpha value is -4.88. The maximum atomic E-state index is 13.1. The summed E-state index contributed by atoms with van der Waals surface area (Å²) in [6.07, 6.45) is 58.9. The van der Waals surface area contributed by atoms with Crippen LogP contribution >= 0.6 is 0 Å². The second kappa shape index (κ2) is 51.9. The molecule has 1 aliphatic rings. The Morgan fingerprint density at radius 2 is 0.818 bits per heavy atom. The van der Waals surface area contributed by atoms with Crippen molar-refractivity contribution in [2.24, 2.45) is 0 Å². The minimum Gasteiger partial charge on any atom is -0.479 e. The highest BCUT2D eigenvalue weighted by Crippen LogP contribution is 2.26. The molecular weight excluding hydrogens is 973 g/mol. The summed E-state index contributed by atoms with van der Waals surface area (Å²) in [5.41, 5.74) is 0. The second-order valence-electron chi connectivity index (χ2n) is 19.5. The quantitative estimate of drug-likeness (QED) is 0.0228. The number of carboxylic acid groups (broad SMARTS) is 1. The van der Waals surface area contributed by atoms with Gasteiger partial charge in [0.25, 0.3) is 0 Å². The monoisotopic (exact) mass is 1070 g/mol. The molecule has 0 spiro atoms. The summed E-state index contributed by atoms with van der Waals surface area (Å²) in [5.74, 6) is -3.25. The van der Waals surface area contributed by atoms with Gasteiger partial charge in [0, 0.05) is 19.3 Å². The van der Waals surface area contributed by atoms with Crippen molar-refractivity contribution < 1.29 is 58.2 Å². The first-order valence-electron chi connectivity index (χ1n) is 29.5. The van der Waals surface area contributed by atoms with Gasteiger partial charge in [-0.25, -0.2) is 4.79 Å². The van der Waals surface area contributed by atoms with Gasteiger partial charge < -0.3 is 39.0 Å². The zero-order valence-electron chi connectivity index (χ0n) is 47.7. The molecular formula is C65H102O12. The Morgan fingerprint density at radius 3 is 1.29 bits per heavy atom. The van der Waals surface area contributed by atoms with Crippen LogP contribution in [0.3, 0.4) is 0 Å². The van der Waals surface area contributed by atoms with Crippen LogP contribution in [0, 0.1) is 0 Å². The van der Waals surface area contributed by atoms with Gasteiger partial charge in [0.05, 0.1) is 6.61 Å². The normalized spacial score (nSPS) is 18.9. The number of rotatable bonds is 48. The van der Waals surface area contributed by atoms with Crippen molar-refractivity contribution >= 4 is 23.9 Å². The van der Waals surface area contributed by atoms with Crippen molar-refractivity contribution in [1.29, 1.82) is 0 Å². The number of allylic oxidation sites excluding steroid dienone is 20. The fraction of sp³-hybridized carbons (Fsp3) is 0.631. The molecule has 12 nitrogen and oxygen atoms in total. The van der Waals surface area contributed by atoms with E-state index in [1.165, 1.54) is 25.7 Å². The summed E-state index contributed by atoms with van der Waals surface area (Å²) in [6.45, 7) is 5.66. The first kappa shape index (κ1) is 70.1. The third-order valence-electron chi connectivity index (χ3n) is 12.5. The van der Waals surface area contributed by atoms with Crippen molar-refractivity contribution in [2.45, 2.75) is 250 Å². The number of aliphatic carboxylic acids is 1. The average Bonchev–Trinajstić information content (AvgIpc) is 3.41. The minimum atomic E-state index is -1.93. The van der Waals surface area contributed by atoms with Crippen molar-refractivity contribution in [1.82, 2.24) is 0 Å². The average molecular weight is 1080 g/mol. The molecule has 0 saturated carbocycles. The molecule has 77 heavy (non-hydrogen) atoms. The molecule has 6 atom stereocenters. The van der Waals surface area contributed by atoms with E-state index in [-0.39, 0.29) is 25.9 Å². The predicted octanol–water partition coefficient (Wildman–Crippen LogP) is 15.2. The van der Waals surface area contributed by atoms with Gasteiger partial charge in [-0.1, -0.05) is 187 Å². The topological polar surface area (TPSA) is 175 Å². The van der Waals surface area contributed by atoms with Crippen molar-refractivity contribution in [3.63, 3.8) is 0 Å². The lowest BCUT2D eigenvalue weighted by Crippen LogP contribution is -2.61. The molecule has 0 radical (unpaired) electrons. The van der Waals surface area contributed by atoms with E-state index in [9.17, 15) is 34.5 Å². The van der Waals surface area contributed by atoms with Gasteiger partial charge in [-0.05, 0) is 128 Å². The van der Waals surface area contributed by atoms with Crippen molar-refractivity contribution in [3.05, 3.63) is 122 Å². The van der Waals surface area contributed by atoms with E-state index >= 15 is 0 Å². The van der Waals surface area contributed by atoms with Gasteiger partial charge in [-0.3, -0.25) is 14.4 Å². The van der Waals surface area contributed by atoms with E-state index in [0.29, 0.717) is 19.3 Å². The van der Waals surface area contributed by atoms with Gasteiger partial charge in [0.15, 0.2) is 24.6 Å². The van der Waals surface area contributed by atoms with E-state index in [1.54, 1.807) is 0 Å². The summed E-state index contributed by atoms with van der Waals surface area (Å²) in [5, 5.41) is 31.5. The lowest BCUT2D eigenvalue weighted by Gasteiger charge is -2.40. The van der Waals surface area contributed by atoms with E-state index in [2.05, 4.69) is 142 Å². The number of hydrogen-bond donors (Lipinski definition) is 3. The summed E-state index contributed by atoms with van der Waals surface area (Å²) in [6, 6.07) is 0. The summed E-state index contributed by atoms with van der Waals surface area (Å²) in [4.78, 5) is 51.1. The summed E-state index contributed by atoms with van der Waals surface area (Å²) < 4.78 is 28.3. The molecule has 0 aromatic rings. The number of ether oxygens (including phenoxy) is 5. The molecule has 434 valence electrons. The summed E-state index contributed by atoms with van der Waals surface area (Å²) in [7, 11) is 0. The van der Waals surface area contributed by atoms with Crippen LogP contribution in [0.5, 0.6) is 0 Å². The van der Waals surface area contributed by atoms with Crippen molar-refractivity contribution in [2.75, 3.05) is 13.2 Å². The number of carbonyl (C=O) groups excluding carboxylic acids is 3. The molecule has 0 aliphatic carbocycles. The van der Waals surface area contributed by atoms with Gasteiger partial charge in [0.1, 0.15) is 18.8 Å². The molecule has 1 aliphatic heterocycles. The molecule has 6 unspecified atom stereocenters. The molecule has 0 aromatic carbocycles. The van der Waals surface area contributed by atoms with Gasteiger partial charge in [-0.15, -0.1) is 0 Å². The van der Waals surface area contributed by atoms with Crippen LogP contribution in [0.25, 0.3) is 0 Å². The van der Waals surface area contributed by atoms with E-state index < -0.39 is 67.3 Å². The largest absolute Gasteiger partial charge is 0.479 e. The van der Waals surface area contributed by atoms with Crippen LogP contribution in [-0.4, -0.2) is 89.2 Å². The highest BCUT2D eigenvalue weighted by Gasteiger charge is 2.50. The number of aliphatic hydroxyl groups excluding tert-OH is 2. The van der Waals surface area contributed by atoms with Crippen molar-refractivity contribution in [3.8, 4) is 0 Å². The molecule has 0 aromatic heterocycles. The smallest absolute Gasteiger partial charge is 0.335 e. The molecule has 1 rings (SSSR count). The molecule has 1 saturated heterocycles. The third-order valence-corrected chi connectivity index (χ3v) is 12.5. The zero-order chi connectivity index (χ0) is 56.1. The molecule has 1 heterocycles. The molecule has 0 bridgehead atoms. The third kappa shape index (κ3) is 41.8. The Labute approximate surface area is 465 Å². The lowest BCUT2D eigenvalue weighted by atomic mass is 9.98. The Morgan fingerprint density at radius 1 is 0.442 bits per heavy atom. The van der Waals surface area contributed by atoms with E-state index in [4.69, 9.17) is 23.7 Å². The number of carbonyl (C=O) groups is 4. The summed E-state index contributed by atoms with van der Waals surface area (Å²) >= 11 is 0. The van der Waals surface area contributed by atoms with Gasteiger partial charge in [0.2, 0.25) is 0 Å². The number of carboxylic acids is 1. The fourth-order valence-electron chi connectivity index (χ4n) is 8.02. The van der Waals surface area contributed by atoms with E-state index in [1.807, 2.05) is 0 Å². The van der Waals surface area contributed by atoms with Crippen LogP contribution in [0.2, 0.25) is 0 Å². The van der Waals surface area contributed by atoms with Crippen LogP contribution < -0.4 is 0 Å². The Bertz CT molecular complexity index is 1800. The number of unbranched alkanes of at least 4 members (excludes halogenated alkanes) is 14. The SMILES string of the molecule is CC/C=C\C/C=C\C/C=C\C/C=C\CCCCC(=O)OC(COC(=O)CCCCCCCC/C=C\C/C=C\C/C=C\CCCCC)COC1OC(C(=O)O)C(O)C(O)C1OC(=O)CCCCC/C=C\C/C=C\C/C=C\CC. The molecule has 12 heteroatoms. The van der Waals surface area contributed by atoms with E-state index in [0.717, 1.165) is 128 Å². The maximum absolute atomic E-state index is 13.1. The molecule has 3 N–H and O–H groups in total. The van der Waals surface area contributed by atoms with Crippen LogP contribution in [0.4, 0.5) is 0 Å². The zero-order valence-corrected chi connectivity index (χ0v) is 47.7. The number of hydrogen-bond acceptors (Lipinski definition) is 11. The number of esters is 3. The van der Waals surface area contributed by atoms with Crippen LogP contribution in [0.1, 0.15) is 213 Å². The number of aliphatic hydroxyl groups is 2. The maximum Gasteiger partial charge on any atom is 0.335 e. The first-order valence-corrected chi connectivity index (χ1v) is 29.5. The van der Waals surface area contributed by atoms with Crippen LogP contribution in [0.15, 0.2) is 122 Å². The Kier molecular flexibility index (Phi) is 47.2. The second-order valence-corrected chi connectivity index (χ2v) is 19.5. The minimum absolute atomic E-state index is 0.0123. The highest BCUT2D eigenvalue weighted by molar-refractivity contribution is 5.74. The molecule has 1 fully saturated rings. The predicted molar refractivity (Wildman–Crippen MR) is 312 cm³/mol. The molecule has 0 amide bonds. The fourth-order valence-corrected chi connectivity index (χ4v) is 8.02. The van der Waals surface area contributed by atoms with Crippen LogP contribution in [-0.2, 0) is 42.9 Å². The highest BCUT2D eigenvalue weighted by atomic mass is 16.7. The van der Waals surface area contributed by atoms with Gasteiger partial charge >= 0.3 is 23.9 Å². The van der Waals surface area contributed by atoms with Gasteiger partial charge in [-0.2, -0.15) is 0 Å². The standard InChI is InChI=1S/C65H102O12/c1-4-7-10-13-16-19-22-25-27-28-29-30-32-34-36-39-42-45-48-51-57(66)73-54-56(75-58(67)52-49-46-43-40-38-35-31-26-23-20-17-14-11-8-5-2)55-74-65-63(61(70)60(69)62(77-65)64(71)72)76-59(68)53-50-47-44-41-37-33-24-21-18-15-12-9-6-3/h8-9,11-12,16-21,25-27,29-31,33,37-38,40,56,60-63,65,69-70H,4-7,10,13-15,22-24,28,32,34-36,39,41-55H2,1-3H3,(H,71,72)/b11-8-,12-9-,19-16-,20-17-,21-18-,27-25-,30-29-,31-26-,37-33-,40-38-.